The van der Waals surface area contributed by atoms with Crippen molar-refractivity contribution in [3.05, 3.63) is 48.4 Å². The van der Waals surface area contributed by atoms with E-state index >= 15 is 0 Å². The van der Waals surface area contributed by atoms with Gasteiger partial charge in [-0.3, -0.25) is 4.79 Å². The molecule has 1 aliphatic heterocycles. The summed E-state index contributed by atoms with van der Waals surface area (Å²) >= 11 is 0. The van der Waals surface area contributed by atoms with E-state index in [2.05, 4.69) is 22.6 Å². The molecule has 1 aromatic heterocycles. The van der Waals surface area contributed by atoms with Gasteiger partial charge in [-0.15, -0.1) is 0 Å². The van der Waals surface area contributed by atoms with E-state index in [1.165, 1.54) is 0 Å². The molecule has 0 unspecified atom stereocenters. The molecule has 5 nitrogen and oxygen atoms in total. The number of para-hydroxylation sites is 2. The monoisotopic (exact) mass is 339 g/mol. The van der Waals surface area contributed by atoms with E-state index in [0.29, 0.717) is 6.04 Å². The number of furan rings is 1. The zero-order valence-electron chi connectivity index (χ0n) is 14.6. The van der Waals surface area contributed by atoms with E-state index in [-0.39, 0.29) is 17.7 Å². The van der Waals surface area contributed by atoms with Crippen LogP contribution in [0.4, 0.5) is 11.4 Å². The van der Waals surface area contributed by atoms with Gasteiger partial charge in [0, 0.05) is 17.9 Å². The molecule has 2 aromatic rings. The molecule has 132 valence electrons. The molecule has 0 spiro atoms. The third kappa shape index (κ3) is 3.71. The lowest BCUT2D eigenvalue weighted by molar-refractivity contribution is -0.117. The second-order valence-electron chi connectivity index (χ2n) is 7.22. The van der Waals surface area contributed by atoms with Crippen LogP contribution in [0.15, 0.2) is 47.1 Å². The Bertz CT molecular complexity index is 720. The Kier molecular flexibility index (Phi) is 4.49. The molecule has 1 saturated heterocycles. The molecular weight excluding hydrogens is 314 g/mol. The van der Waals surface area contributed by atoms with Gasteiger partial charge in [0.1, 0.15) is 5.76 Å². The van der Waals surface area contributed by atoms with E-state index in [1.807, 2.05) is 36.4 Å². The molecular formula is C20H25N3O2. The van der Waals surface area contributed by atoms with Gasteiger partial charge < -0.3 is 20.0 Å². The summed E-state index contributed by atoms with van der Waals surface area (Å²) < 4.78 is 5.42. The first-order valence-electron chi connectivity index (χ1n) is 9.09. The molecule has 2 fully saturated rings. The number of carbonyl (C=O) groups excluding carboxylic acids is 1. The summed E-state index contributed by atoms with van der Waals surface area (Å²) in [5.41, 5.74) is 1.89. The second kappa shape index (κ2) is 6.92. The van der Waals surface area contributed by atoms with Crippen molar-refractivity contribution in [3.63, 3.8) is 0 Å². The minimum absolute atomic E-state index is 0.0162. The van der Waals surface area contributed by atoms with Crippen molar-refractivity contribution in [2.24, 2.45) is 5.92 Å². The SMILES string of the molecule is CN1CCC(Nc2ccccc2NC(=O)[C@@H]2C[C@H]2c2ccco2)CC1. The molecule has 1 aromatic carbocycles. The van der Waals surface area contributed by atoms with E-state index in [0.717, 1.165) is 49.5 Å². The van der Waals surface area contributed by atoms with E-state index < -0.39 is 0 Å². The highest BCUT2D eigenvalue weighted by Gasteiger charge is 2.45. The first kappa shape index (κ1) is 16.2. The van der Waals surface area contributed by atoms with Crippen LogP contribution in [-0.2, 0) is 4.79 Å². The normalized spacial score (nSPS) is 24.0. The predicted molar refractivity (Wildman–Crippen MR) is 98.8 cm³/mol. The summed E-state index contributed by atoms with van der Waals surface area (Å²) in [7, 11) is 2.16. The first-order valence-corrected chi connectivity index (χ1v) is 9.09. The average Bonchev–Trinajstić information content (AvgIpc) is 3.24. The van der Waals surface area contributed by atoms with Crippen LogP contribution >= 0.6 is 0 Å². The molecule has 2 atom stereocenters. The van der Waals surface area contributed by atoms with Gasteiger partial charge in [-0.1, -0.05) is 12.1 Å². The number of anilines is 2. The van der Waals surface area contributed by atoms with E-state index in [1.54, 1.807) is 6.26 Å². The van der Waals surface area contributed by atoms with E-state index in [9.17, 15) is 4.79 Å². The number of hydrogen-bond donors (Lipinski definition) is 2. The quantitative estimate of drug-likeness (QED) is 0.875. The fourth-order valence-electron chi connectivity index (χ4n) is 3.62. The highest BCUT2D eigenvalue weighted by atomic mass is 16.3. The Morgan fingerprint density at radius 1 is 1.12 bits per heavy atom. The first-order chi connectivity index (χ1) is 12.2. The number of amides is 1. The summed E-state index contributed by atoms with van der Waals surface area (Å²) in [6.45, 7) is 2.22. The van der Waals surface area contributed by atoms with Crippen LogP contribution in [0.2, 0.25) is 0 Å². The summed E-state index contributed by atoms with van der Waals surface area (Å²) in [4.78, 5) is 14.9. The standard InChI is InChI=1S/C20H25N3O2/c1-23-10-8-14(9-11-23)21-17-5-2-3-6-18(17)22-20(24)16-13-15(16)19-7-4-12-25-19/h2-7,12,14-16,21H,8-11,13H2,1H3,(H,22,24)/t15-,16-/m1/s1. The van der Waals surface area contributed by atoms with Crippen LogP contribution in [0.1, 0.15) is 30.9 Å². The topological polar surface area (TPSA) is 57.5 Å². The maximum Gasteiger partial charge on any atom is 0.228 e. The zero-order valence-corrected chi connectivity index (χ0v) is 14.6. The van der Waals surface area contributed by atoms with Crippen LogP contribution in [0.25, 0.3) is 0 Å². The van der Waals surface area contributed by atoms with Gasteiger partial charge in [0.15, 0.2) is 0 Å². The lowest BCUT2D eigenvalue weighted by Crippen LogP contribution is -2.36. The third-order valence-electron chi connectivity index (χ3n) is 5.30. The Morgan fingerprint density at radius 2 is 1.88 bits per heavy atom. The Labute approximate surface area is 148 Å². The number of rotatable bonds is 5. The minimum atomic E-state index is 0.0162. The molecule has 2 N–H and O–H groups in total. The third-order valence-corrected chi connectivity index (χ3v) is 5.30. The number of piperidine rings is 1. The molecule has 0 bridgehead atoms. The van der Waals surface area contributed by atoms with Gasteiger partial charge in [0.05, 0.1) is 17.6 Å². The lowest BCUT2D eigenvalue weighted by Gasteiger charge is -2.30. The smallest absolute Gasteiger partial charge is 0.228 e. The molecule has 2 heterocycles. The number of hydrogen-bond acceptors (Lipinski definition) is 4. The summed E-state index contributed by atoms with van der Waals surface area (Å²) in [5, 5.41) is 6.72. The molecule has 5 heteroatoms. The van der Waals surface area contributed by atoms with Gasteiger partial charge in [0.2, 0.25) is 5.91 Å². The molecule has 1 aliphatic carbocycles. The minimum Gasteiger partial charge on any atom is -0.469 e. The van der Waals surface area contributed by atoms with Crippen molar-refractivity contribution in [1.29, 1.82) is 0 Å². The molecule has 2 aliphatic rings. The van der Waals surface area contributed by atoms with Crippen molar-refractivity contribution in [2.75, 3.05) is 30.8 Å². The van der Waals surface area contributed by atoms with Gasteiger partial charge in [-0.05, 0) is 63.7 Å². The largest absolute Gasteiger partial charge is 0.469 e. The zero-order chi connectivity index (χ0) is 17.2. The second-order valence-corrected chi connectivity index (χ2v) is 7.22. The maximum absolute atomic E-state index is 12.6. The fraction of sp³-hybridized carbons (Fsp3) is 0.450. The van der Waals surface area contributed by atoms with Crippen LogP contribution < -0.4 is 10.6 Å². The summed E-state index contributed by atoms with van der Waals surface area (Å²) in [6.07, 6.45) is 4.79. The molecule has 25 heavy (non-hydrogen) atoms. The molecule has 4 rings (SSSR count). The summed E-state index contributed by atoms with van der Waals surface area (Å²) in [5.74, 6) is 1.24. The number of nitrogens with zero attached hydrogens (tertiary/aromatic N) is 1. The number of likely N-dealkylation sites (tertiary alicyclic amines) is 1. The summed E-state index contributed by atoms with van der Waals surface area (Å²) in [6, 6.07) is 12.3. The van der Waals surface area contributed by atoms with Crippen LogP contribution in [-0.4, -0.2) is 37.0 Å². The highest BCUT2D eigenvalue weighted by molar-refractivity contribution is 5.97. The van der Waals surface area contributed by atoms with Crippen molar-refractivity contribution in [3.8, 4) is 0 Å². The van der Waals surface area contributed by atoms with Gasteiger partial charge >= 0.3 is 0 Å². The maximum atomic E-state index is 12.6. The van der Waals surface area contributed by atoms with Crippen molar-refractivity contribution in [2.45, 2.75) is 31.2 Å². The Hall–Kier alpha value is -2.27. The average molecular weight is 339 g/mol. The van der Waals surface area contributed by atoms with Crippen molar-refractivity contribution in [1.82, 2.24) is 4.90 Å². The number of carbonyl (C=O) groups is 1. The van der Waals surface area contributed by atoms with E-state index in [4.69, 9.17) is 4.42 Å². The number of benzene rings is 1. The Morgan fingerprint density at radius 3 is 2.60 bits per heavy atom. The Balaban J connectivity index is 1.38. The van der Waals surface area contributed by atoms with Gasteiger partial charge in [-0.25, -0.2) is 0 Å². The van der Waals surface area contributed by atoms with Crippen molar-refractivity contribution < 1.29 is 9.21 Å². The fourth-order valence-corrected chi connectivity index (χ4v) is 3.62. The molecule has 1 amide bonds. The predicted octanol–water partition coefficient (Wildman–Crippen LogP) is 3.53. The number of nitrogens with one attached hydrogen (secondary N) is 2. The van der Waals surface area contributed by atoms with Gasteiger partial charge in [0.25, 0.3) is 0 Å². The lowest BCUT2D eigenvalue weighted by atomic mass is 10.0. The van der Waals surface area contributed by atoms with Crippen LogP contribution in [0.5, 0.6) is 0 Å². The highest BCUT2D eigenvalue weighted by Crippen LogP contribution is 2.48. The van der Waals surface area contributed by atoms with Gasteiger partial charge in [-0.2, -0.15) is 0 Å². The molecule has 1 saturated carbocycles. The van der Waals surface area contributed by atoms with Crippen molar-refractivity contribution >= 4 is 17.3 Å². The van der Waals surface area contributed by atoms with Crippen LogP contribution in [0.3, 0.4) is 0 Å². The van der Waals surface area contributed by atoms with Crippen LogP contribution in [0, 0.1) is 5.92 Å². The molecule has 0 radical (unpaired) electrons.